The number of aromatic nitrogens is 4. The van der Waals surface area contributed by atoms with Crippen LogP contribution >= 0.6 is 0 Å². The summed E-state index contributed by atoms with van der Waals surface area (Å²) in [5, 5.41) is 13.6. The van der Waals surface area contributed by atoms with Gasteiger partial charge in [-0.2, -0.15) is 5.21 Å². The monoisotopic (exact) mass is 344 g/mol. The molecule has 2 aliphatic heterocycles. The number of tetrazole rings is 1. The molecule has 7 nitrogen and oxygen atoms in total. The molecule has 1 aromatic heterocycles. The lowest BCUT2D eigenvalue weighted by Crippen LogP contribution is -2.57. The van der Waals surface area contributed by atoms with Crippen LogP contribution in [0.4, 0.5) is 10.1 Å². The van der Waals surface area contributed by atoms with Crippen LogP contribution in [0.25, 0.3) is 11.4 Å². The number of halogens is 1. The number of hydrogen-bond acceptors (Lipinski definition) is 5. The number of anilines is 1. The summed E-state index contributed by atoms with van der Waals surface area (Å²) in [5.41, 5.74) is 1.32. The van der Waals surface area contributed by atoms with Crippen LogP contribution in [0.3, 0.4) is 0 Å². The largest absolute Gasteiger partial charge is 0.368 e. The third-order valence-corrected chi connectivity index (χ3v) is 4.98. The maximum absolute atomic E-state index is 14.5. The first-order valence-corrected chi connectivity index (χ1v) is 8.50. The molecule has 132 valence electrons. The highest BCUT2D eigenvalue weighted by atomic mass is 19.1. The van der Waals surface area contributed by atoms with Gasteiger partial charge in [0.1, 0.15) is 5.82 Å². The molecule has 2 aliphatic rings. The zero-order valence-electron chi connectivity index (χ0n) is 14.4. The molecule has 8 heteroatoms. The van der Waals surface area contributed by atoms with Crippen molar-refractivity contribution in [3.8, 4) is 11.4 Å². The van der Waals surface area contributed by atoms with E-state index in [4.69, 9.17) is 0 Å². The van der Waals surface area contributed by atoms with Crippen molar-refractivity contribution in [2.24, 2.45) is 11.3 Å². The Labute approximate surface area is 145 Å². The number of benzene rings is 1. The minimum atomic E-state index is -0.333. The predicted octanol–water partition coefficient (Wildman–Crippen LogP) is 1.70. The van der Waals surface area contributed by atoms with E-state index in [1.54, 1.807) is 12.1 Å². The standard InChI is InChI=1S/C17H21FN6O/c1-17(2)9-24(10-17)16(25)12-5-6-23(8-12)14-4-3-11(7-13(14)18)15-19-21-22-20-15/h3-4,7,12H,5-6,8-10H2,1-2H3,(H,19,20,21,22). The summed E-state index contributed by atoms with van der Waals surface area (Å²) in [6, 6.07) is 4.91. The highest BCUT2D eigenvalue weighted by molar-refractivity contribution is 5.81. The third-order valence-electron chi connectivity index (χ3n) is 4.98. The van der Waals surface area contributed by atoms with Crippen LogP contribution in [0.2, 0.25) is 0 Å². The van der Waals surface area contributed by atoms with Gasteiger partial charge in [-0.1, -0.05) is 13.8 Å². The van der Waals surface area contributed by atoms with Gasteiger partial charge in [0.15, 0.2) is 0 Å². The zero-order chi connectivity index (χ0) is 17.6. The highest BCUT2D eigenvalue weighted by Gasteiger charge is 2.41. The first-order valence-electron chi connectivity index (χ1n) is 8.50. The van der Waals surface area contributed by atoms with Crippen LogP contribution in [-0.4, -0.2) is 57.6 Å². The molecular weight excluding hydrogens is 323 g/mol. The number of aromatic amines is 1. The lowest BCUT2D eigenvalue weighted by molar-refractivity contribution is -0.145. The smallest absolute Gasteiger partial charge is 0.227 e. The summed E-state index contributed by atoms with van der Waals surface area (Å²) in [4.78, 5) is 16.4. The summed E-state index contributed by atoms with van der Waals surface area (Å²) in [6.45, 7) is 7.21. The van der Waals surface area contributed by atoms with Gasteiger partial charge in [0.05, 0.1) is 11.6 Å². The SMILES string of the molecule is CC1(C)CN(C(=O)C2CCN(c3ccc(-c4nn[nH]n4)cc3F)C2)C1. The second kappa shape index (κ2) is 5.79. The van der Waals surface area contributed by atoms with Gasteiger partial charge < -0.3 is 9.80 Å². The van der Waals surface area contributed by atoms with Gasteiger partial charge in [-0.05, 0) is 35.2 Å². The predicted molar refractivity (Wildman–Crippen MR) is 90.3 cm³/mol. The van der Waals surface area contributed by atoms with Crippen LogP contribution < -0.4 is 4.90 Å². The fourth-order valence-electron chi connectivity index (χ4n) is 3.77. The molecule has 3 heterocycles. The highest BCUT2D eigenvalue weighted by Crippen LogP contribution is 2.33. The number of rotatable bonds is 3. The molecule has 1 unspecified atom stereocenters. The molecule has 0 radical (unpaired) electrons. The summed E-state index contributed by atoms with van der Waals surface area (Å²) in [6.07, 6.45) is 0.766. The molecule has 0 spiro atoms. The van der Waals surface area contributed by atoms with E-state index < -0.39 is 0 Å². The van der Waals surface area contributed by atoms with Crippen molar-refractivity contribution >= 4 is 11.6 Å². The minimum absolute atomic E-state index is 0.0487. The van der Waals surface area contributed by atoms with E-state index in [9.17, 15) is 9.18 Å². The topological polar surface area (TPSA) is 78.0 Å². The van der Waals surface area contributed by atoms with Gasteiger partial charge in [0.2, 0.25) is 11.7 Å². The van der Waals surface area contributed by atoms with Crippen molar-refractivity contribution < 1.29 is 9.18 Å². The van der Waals surface area contributed by atoms with E-state index in [0.29, 0.717) is 30.2 Å². The van der Waals surface area contributed by atoms with Crippen molar-refractivity contribution in [1.82, 2.24) is 25.5 Å². The molecule has 1 amide bonds. The number of carbonyl (C=O) groups excluding carboxylic acids is 1. The normalized spacial score (nSPS) is 22.1. The zero-order valence-corrected chi connectivity index (χ0v) is 14.4. The van der Waals surface area contributed by atoms with Crippen LogP contribution in [0.5, 0.6) is 0 Å². The number of nitrogens with zero attached hydrogens (tertiary/aromatic N) is 5. The molecule has 2 aromatic rings. The van der Waals surface area contributed by atoms with E-state index in [-0.39, 0.29) is 23.1 Å². The Kier molecular flexibility index (Phi) is 3.70. The average Bonchev–Trinajstić information content (AvgIpc) is 3.23. The number of nitrogens with one attached hydrogen (secondary N) is 1. The van der Waals surface area contributed by atoms with E-state index >= 15 is 0 Å². The van der Waals surface area contributed by atoms with Crippen molar-refractivity contribution in [2.75, 3.05) is 31.1 Å². The quantitative estimate of drug-likeness (QED) is 0.917. The first kappa shape index (κ1) is 16.0. The minimum Gasteiger partial charge on any atom is -0.368 e. The van der Waals surface area contributed by atoms with Gasteiger partial charge in [-0.15, -0.1) is 10.2 Å². The van der Waals surface area contributed by atoms with Crippen molar-refractivity contribution in [1.29, 1.82) is 0 Å². The summed E-state index contributed by atoms with van der Waals surface area (Å²) in [5.74, 6) is 0.179. The molecule has 2 saturated heterocycles. The fraction of sp³-hybridized carbons (Fsp3) is 0.529. The van der Waals surface area contributed by atoms with E-state index in [1.807, 2.05) is 9.80 Å². The molecule has 1 N–H and O–H groups in total. The summed E-state index contributed by atoms with van der Waals surface area (Å²) < 4.78 is 14.5. The Morgan fingerprint density at radius 1 is 1.36 bits per heavy atom. The molecule has 4 rings (SSSR count). The molecule has 2 fully saturated rings. The number of hydrogen-bond donors (Lipinski definition) is 1. The van der Waals surface area contributed by atoms with E-state index in [0.717, 1.165) is 19.5 Å². The first-order chi connectivity index (χ1) is 11.9. The number of H-pyrrole nitrogens is 1. The van der Waals surface area contributed by atoms with Gasteiger partial charge in [0.25, 0.3) is 0 Å². The Morgan fingerprint density at radius 3 is 2.80 bits per heavy atom. The van der Waals surface area contributed by atoms with E-state index in [1.165, 1.54) is 6.07 Å². The van der Waals surface area contributed by atoms with Crippen molar-refractivity contribution in [2.45, 2.75) is 20.3 Å². The number of carbonyl (C=O) groups is 1. The van der Waals surface area contributed by atoms with Gasteiger partial charge in [-0.3, -0.25) is 4.79 Å². The molecule has 1 atom stereocenters. The molecule has 0 aliphatic carbocycles. The number of likely N-dealkylation sites (tertiary alicyclic amines) is 1. The van der Waals surface area contributed by atoms with Crippen molar-refractivity contribution in [3.63, 3.8) is 0 Å². The van der Waals surface area contributed by atoms with Crippen LogP contribution in [0, 0.1) is 17.2 Å². The molecule has 0 bridgehead atoms. The Bertz CT molecular complexity index is 782. The average molecular weight is 344 g/mol. The maximum Gasteiger partial charge on any atom is 0.227 e. The Balaban J connectivity index is 1.44. The Morgan fingerprint density at radius 2 is 2.16 bits per heavy atom. The Hall–Kier alpha value is -2.51. The van der Waals surface area contributed by atoms with E-state index in [2.05, 4.69) is 34.5 Å². The van der Waals surface area contributed by atoms with Crippen LogP contribution in [-0.2, 0) is 4.79 Å². The lowest BCUT2D eigenvalue weighted by Gasteiger charge is -2.46. The van der Waals surface area contributed by atoms with Gasteiger partial charge in [0, 0.05) is 31.7 Å². The van der Waals surface area contributed by atoms with Crippen molar-refractivity contribution in [3.05, 3.63) is 24.0 Å². The molecule has 1 aromatic carbocycles. The maximum atomic E-state index is 14.5. The van der Waals surface area contributed by atoms with Gasteiger partial charge >= 0.3 is 0 Å². The van der Waals surface area contributed by atoms with Crippen LogP contribution in [0.15, 0.2) is 18.2 Å². The van der Waals surface area contributed by atoms with Crippen LogP contribution in [0.1, 0.15) is 20.3 Å². The molecule has 0 saturated carbocycles. The summed E-state index contributed by atoms with van der Waals surface area (Å²) in [7, 11) is 0. The second-order valence-electron chi connectivity index (χ2n) is 7.69. The third kappa shape index (κ3) is 2.96. The summed E-state index contributed by atoms with van der Waals surface area (Å²) >= 11 is 0. The fourth-order valence-corrected chi connectivity index (χ4v) is 3.77. The number of amides is 1. The lowest BCUT2D eigenvalue weighted by atomic mass is 9.83. The molecular formula is C17H21FN6O. The van der Waals surface area contributed by atoms with Gasteiger partial charge in [-0.25, -0.2) is 4.39 Å². The second-order valence-corrected chi connectivity index (χ2v) is 7.69. The molecule has 25 heavy (non-hydrogen) atoms.